The number of ether oxygens (including phenoxy) is 1. The number of piperidine rings is 1. The van der Waals surface area contributed by atoms with Crippen molar-refractivity contribution in [1.82, 2.24) is 8.87 Å². The van der Waals surface area contributed by atoms with Crippen LogP contribution >= 0.6 is 0 Å². The molecule has 1 aliphatic heterocycles. The second kappa shape index (κ2) is 8.57. The molecular weight excluding hydrogens is 382 g/mol. The number of anilines is 1. The third kappa shape index (κ3) is 4.60. The summed E-state index contributed by atoms with van der Waals surface area (Å²) >= 11 is 0. The van der Waals surface area contributed by atoms with Crippen LogP contribution in [0, 0.1) is 0 Å². The molecule has 1 fully saturated rings. The smallest absolute Gasteiger partial charge is 0.355 e. The number of benzene rings is 1. The maximum atomic E-state index is 12.6. The lowest BCUT2D eigenvalue weighted by atomic mass is 10.2. The topological polar surface area (TPSA) is 97.7 Å². The Morgan fingerprint density at radius 3 is 2.36 bits per heavy atom. The molecule has 2 aromatic rings. The van der Waals surface area contributed by atoms with E-state index < -0.39 is 28.5 Å². The quantitative estimate of drug-likeness (QED) is 0.742. The van der Waals surface area contributed by atoms with Crippen molar-refractivity contribution in [2.75, 3.05) is 25.0 Å². The van der Waals surface area contributed by atoms with Crippen molar-refractivity contribution in [3.05, 3.63) is 48.3 Å². The number of amides is 1. The third-order valence-electron chi connectivity index (χ3n) is 4.58. The highest BCUT2D eigenvalue weighted by Crippen LogP contribution is 2.22. The molecule has 8 nitrogen and oxygen atoms in total. The summed E-state index contributed by atoms with van der Waals surface area (Å²) in [6.45, 7) is 0.637. The van der Waals surface area contributed by atoms with Crippen molar-refractivity contribution in [2.45, 2.75) is 24.2 Å². The minimum Gasteiger partial charge on any atom is -0.451 e. The third-order valence-corrected chi connectivity index (χ3v) is 6.49. The first kappa shape index (κ1) is 20.1. The Hall–Kier alpha value is -2.65. The number of rotatable bonds is 6. The van der Waals surface area contributed by atoms with Gasteiger partial charge in [0.15, 0.2) is 6.61 Å². The number of hydrogen-bond donors (Lipinski definition) is 1. The molecule has 9 heteroatoms. The predicted molar refractivity (Wildman–Crippen MR) is 103 cm³/mol. The Kier molecular flexibility index (Phi) is 6.15. The Balaban J connectivity index is 1.55. The number of hydrogen-bond acceptors (Lipinski definition) is 5. The molecule has 28 heavy (non-hydrogen) atoms. The molecular formula is C19H23N3O5S. The lowest BCUT2D eigenvalue weighted by molar-refractivity contribution is -0.119. The summed E-state index contributed by atoms with van der Waals surface area (Å²) in [7, 11) is -1.80. The Labute approximate surface area is 164 Å². The van der Waals surface area contributed by atoms with Crippen LogP contribution in [0.15, 0.2) is 47.5 Å². The van der Waals surface area contributed by atoms with Gasteiger partial charge in [-0.1, -0.05) is 6.42 Å². The van der Waals surface area contributed by atoms with Crippen molar-refractivity contribution >= 4 is 27.6 Å². The molecule has 150 valence electrons. The number of nitrogens with zero attached hydrogens (tertiary/aromatic N) is 2. The fraction of sp³-hybridized carbons (Fsp3) is 0.368. The van der Waals surface area contributed by atoms with Crippen LogP contribution in [-0.2, 0) is 26.6 Å². The fourth-order valence-corrected chi connectivity index (χ4v) is 4.56. The van der Waals surface area contributed by atoms with Gasteiger partial charge in [0, 0.05) is 32.0 Å². The summed E-state index contributed by atoms with van der Waals surface area (Å²) in [6, 6.07) is 9.28. The van der Waals surface area contributed by atoms with Gasteiger partial charge < -0.3 is 14.6 Å². The zero-order valence-electron chi connectivity index (χ0n) is 15.6. The molecule has 3 rings (SSSR count). The van der Waals surface area contributed by atoms with Gasteiger partial charge in [0.1, 0.15) is 5.69 Å². The maximum absolute atomic E-state index is 12.6. The lowest BCUT2D eigenvalue weighted by Crippen LogP contribution is -2.35. The summed E-state index contributed by atoms with van der Waals surface area (Å²) in [5, 5.41) is 2.58. The Morgan fingerprint density at radius 1 is 1.07 bits per heavy atom. The number of sulfonamides is 1. The van der Waals surface area contributed by atoms with Crippen molar-refractivity contribution in [3.8, 4) is 0 Å². The first-order valence-corrected chi connectivity index (χ1v) is 10.5. The predicted octanol–water partition coefficient (Wildman–Crippen LogP) is 2.00. The molecule has 1 N–H and O–H groups in total. The van der Waals surface area contributed by atoms with Crippen LogP contribution in [0.3, 0.4) is 0 Å². The summed E-state index contributed by atoms with van der Waals surface area (Å²) in [4.78, 5) is 24.1. The molecule has 0 aliphatic carbocycles. The van der Waals surface area contributed by atoms with E-state index in [0.717, 1.165) is 19.3 Å². The van der Waals surface area contributed by atoms with E-state index in [9.17, 15) is 18.0 Å². The molecule has 1 amide bonds. The average molecular weight is 405 g/mol. The second-order valence-corrected chi connectivity index (χ2v) is 8.56. The molecule has 1 aromatic heterocycles. The van der Waals surface area contributed by atoms with E-state index in [1.807, 2.05) is 0 Å². The van der Waals surface area contributed by atoms with Gasteiger partial charge >= 0.3 is 5.97 Å². The summed E-state index contributed by atoms with van der Waals surface area (Å²) in [6.07, 6.45) is 4.49. The van der Waals surface area contributed by atoms with Crippen molar-refractivity contribution in [1.29, 1.82) is 0 Å². The lowest BCUT2D eigenvalue weighted by Gasteiger charge is -2.25. The molecule has 0 atom stereocenters. The summed E-state index contributed by atoms with van der Waals surface area (Å²) in [5.74, 6) is -1.10. The Bertz CT molecular complexity index is 944. The van der Waals surface area contributed by atoms with Crippen molar-refractivity contribution < 1.29 is 22.7 Å². The molecule has 0 spiro atoms. The van der Waals surface area contributed by atoms with Gasteiger partial charge in [0.25, 0.3) is 5.91 Å². The van der Waals surface area contributed by atoms with E-state index >= 15 is 0 Å². The second-order valence-electron chi connectivity index (χ2n) is 6.62. The number of carbonyl (C=O) groups excluding carboxylic acids is 2. The maximum Gasteiger partial charge on any atom is 0.355 e. The number of aromatic nitrogens is 1. The zero-order valence-corrected chi connectivity index (χ0v) is 16.4. The van der Waals surface area contributed by atoms with Gasteiger partial charge in [-0.3, -0.25) is 4.79 Å². The van der Waals surface area contributed by atoms with Crippen molar-refractivity contribution in [3.63, 3.8) is 0 Å². The average Bonchev–Trinajstić information content (AvgIpc) is 3.13. The van der Waals surface area contributed by atoms with E-state index in [-0.39, 0.29) is 4.90 Å². The number of nitrogens with one attached hydrogen (secondary N) is 1. The molecule has 1 aromatic carbocycles. The van der Waals surface area contributed by atoms with E-state index in [0.29, 0.717) is 24.5 Å². The van der Waals surface area contributed by atoms with Gasteiger partial charge in [0.2, 0.25) is 10.0 Å². The van der Waals surface area contributed by atoms with E-state index in [2.05, 4.69) is 5.32 Å². The summed E-state index contributed by atoms with van der Waals surface area (Å²) in [5.41, 5.74) is 0.776. The standard InChI is InChI=1S/C19H23N3O5S/c1-21-11-5-6-17(21)19(24)27-14-18(23)20-15-7-9-16(10-8-15)28(25,26)22-12-3-2-4-13-22/h5-11H,2-4,12-14H2,1H3,(H,20,23). The van der Waals surface area contributed by atoms with Crippen LogP contribution in [0.2, 0.25) is 0 Å². The zero-order chi connectivity index (χ0) is 20.1. The van der Waals surface area contributed by atoms with Gasteiger partial charge in [-0.15, -0.1) is 0 Å². The number of aryl methyl sites for hydroxylation is 1. The Morgan fingerprint density at radius 2 is 1.75 bits per heavy atom. The van der Waals surface area contributed by atoms with Gasteiger partial charge in [-0.25, -0.2) is 13.2 Å². The SMILES string of the molecule is Cn1cccc1C(=O)OCC(=O)Nc1ccc(S(=O)(=O)N2CCCCC2)cc1. The monoisotopic (exact) mass is 405 g/mol. The van der Waals surface area contributed by atoms with Crippen LogP contribution in [0.25, 0.3) is 0 Å². The number of esters is 1. The minimum absolute atomic E-state index is 0.197. The highest BCUT2D eigenvalue weighted by Gasteiger charge is 2.25. The first-order chi connectivity index (χ1) is 13.4. The van der Waals surface area contributed by atoms with Crippen LogP contribution in [0.5, 0.6) is 0 Å². The van der Waals surface area contributed by atoms with Gasteiger partial charge in [-0.2, -0.15) is 4.31 Å². The molecule has 0 unspecified atom stereocenters. The van der Waals surface area contributed by atoms with Gasteiger partial charge in [-0.05, 0) is 49.2 Å². The number of carbonyl (C=O) groups is 2. The van der Waals surface area contributed by atoms with E-state index in [1.165, 1.54) is 28.6 Å². The van der Waals surface area contributed by atoms with Gasteiger partial charge in [0.05, 0.1) is 4.90 Å². The highest BCUT2D eigenvalue weighted by molar-refractivity contribution is 7.89. The largest absolute Gasteiger partial charge is 0.451 e. The fourth-order valence-electron chi connectivity index (χ4n) is 3.04. The van der Waals surface area contributed by atoms with Crippen LogP contribution in [0.4, 0.5) is 5.69 Å². The molecule has 0 bridgehead atoms. The van der Waals surface area contributed by atoms with Crippen LogP contribution in [0.1, 0.15) is 29.8 Å². The van der Waals surface area contributed by atoms with Crippen molar-refractivity contribution in [2.24, 2.45) is 7.05 Å². The highest BCUT2D eigenvalue weighted by atomic mass is 32.2. The molecule has 1 aliphatic rings. The normalized spacial score (nSPS) is 15.2. The van der Waals surface area contributed by atoms with Crippen LogP contribution < -0.4 is 5.32 Å². The molecule has 0 saturated carbocycles. The molecule has 2 heterocycles. The molecule has 0 radical (unpaired) electrons. The minimum atomic E-state index is -3.51. The molecule has 1 saturated heterocycles. The summed E-state index contributed by atoms with van der Waals surface area (Å²) < 4.78 is 33.3. The first-order valence-electron chi connectivity index (χ1n) is 9.06. The van der Waals surface area contributed by atoms with Crippen LogP contribution in [-0.4, -0.2) is 48.9 Å². The van der Waals surface area contributed by atoms with E-state index in [1.54, 1.807) is 29.9 Å². The van der Waals surface area contributed by atoms with E-state index in [4.69, 9.17) is 4.74 Å².